The van der Waals surface area contributed by atoms with E-state index in [1.807, 2.05) is 11.8 Å². The normalized spacial score (nSPS) is 19.4. The highest BCUT2D eigenvalue weighted by Crippen LogP contribution is 2.22. The van der Waals surface area contributed by atoms with Gasteiger partial charge >= 0.3 is 6.03 Å². The number of benzene rings is 1. The van der Waals surface area contributed by atoms with Crippen molar-refractivity contribution in [2.24, 2.45) is 0 Å². The van der Waals surface area contributed by atoms with Gasteiger partial charge in [0.2, 0.25) is 0 Å². The molecule has 2 aliphatic rings. The lowest BCUT2D eigenvalue weighted by molar-refractivity contribution is 0.186. The molecule has 0 radical (unpaired) electrons. The fourth-order valence-electron chi connectivity index (χ4n) is 4.00. The Morgan fingerprint density at radius 3 is 2.68 bits per heavy atom. The molecule has 1 aromatic heterocycles. The highest BCUT2D eigenvalue weighted by atomic mass is 16.2. The third kappa shape index (κ3) is 3.57. The fourth-order valence-corrected chi connectivity index (χ4v) is 4.00. The van der Waals surface area contributed by atoms with Crippen LogP contribution in [0.1, 0.15) is 37.9 Å². The van der Waals surface area contributed by atoms with E-state index in [1.54, 1.807) is 0 Å². The van der Waals surface area contributed by atoms with Crippen molar-refractivity contribution < 1.29 is 4.79 Å². The first-order valence-electron chi connectivity index (χ1n) is 9.46. The SMILES string of the molecule is Cc1nc2ccc(N3CCN(C(=O)NC4CCCCC4)CC3)cc2[nH]1. The van der Waals surface area contributed by atoms with E-state index in [9.17, 15) is 4.79 Å². The highest BCUT2D eigenvalue weighted by Gasteiger charge is 2.24. The molecule has 0 unspecified atom stereocenters. The molecule has 2 N–H and O–H groups in total. The number of anilines is 1. The number of carbonyl (C=O) groups excluding carboxylic acids is 1. The summed E-state index contributed by atoms with van der Waals surface area (Å²) in [5.41, 5.74) is 3.28. The van der Waals surface area contributed by atoms with Crippen LogP contribution in [0.15, 0.2) is 18.2 Å². The minimum absolute atomic E-state index is 0.117. The maximum absolute atomic E-state index is 12.5. The number of carbonyl (C=O) groups is 1. The first-order valence-corrected chi connectivity index (χ1v) is 9.46. The zero-order chi connectivity index (χ0) is 17.2. The summed E-state index contributed by atoms with van der Waals surface area (Å²) in [6.45, 7) is 5.27. The summed E-state index contributed by atoms with van der Waals surface area (Å²) in [5, 5.41) is 3.23. The summed E-state index contributed by atoms with van der Waals surface area (Å²) < 4.78 is 0. The van der Waals surface area contributed by atoms with Gasteiger partial charge in [-0.3, -0.25) is 0 Å². The number of nitrogens with one attached hydrogen (secondary N) is 2. The molecule has 1 saturated heterocycles. The molecule has 2 heterocycles. The van der Waals surface area contributed by atoms with E-state index >= 15 is 0 Å². The van der Waals surface area contributed by atoms with Gasteiger partial charge in [-0.25, -0.2) is 9.78 Å². The van der Waals surface area contributed by atoms with E-state index in [-0.39, 0.29) is 6.03 Å². The number of piperazine rings is 1. The highest BCUT2D eigenvalue weighted by molar-refractivity contribution is 5.80. The van der Waals surface area contributed by atoms with Crippen LogP contribution in [0.2, 0.25) is 0 Å². The topological polar surface area (TPSA) is 64.3 Å². The molecule has 2 aromatic rings. The Labute approximate surface area is 148 Å². The average molecular weight is 341 g/mol. The Bertz CT molecular complexity index is 741. The second-order valence-corrected chi connectivity index (χ2v) is 7.28. The van der Waals surface area contributed by atoms with Crippen molar-refractivity contribution in [2.45, 2.75) is 45.1 Å². The number of amides is 2. The zero-order valence-electron chi connectivity index (χ0n) is 14.9. The van der Waals surface area contributed by atoms with Gasteiger partial charge in [0.1, 0.15) is 5.82 Å². The maximum atomic E-state index is 12.5. The van der Waals surface area contributed by atoms with Crippen LogP contribution in [0.5, 0.6) is 0 Å². The van der Waals surface area contributed by atoms with Crippen molar-refractivity contribution >= 4 is 22.8 Å². The largest absolute Gasteiger partial charge is 0.368 e. The number of urea groups is 1. The van der Waals surface area contributed by atoms with Crippen molar-refractivity contribution in [1.82, 2.24) is 20.2 Å². The number of aryl methyl sites for hydroxylation is 1. The number of rotatable bonds is 2. The molecule has 25 heavy (non-hydrogen) atoms. The van der Waals surface area contributed by atoms with Gasteiger partial charge in [-0.1, -0.05) is 19.3 Å². The Hall–Kier alpha value is -2.24. The molecule has 6 heteroatoms. The number of imidazole rings is 1. The zero-order valence-corrected chi connectivity index (χ0v) is 14.9. The van der Waals surface area contributed by atoms with E-state index < -0.39 is 0 Å². The summed E-state index contributed by atoms with van der Waals surface area (Å²) in [4.78, 5) is 24.5. The third-order valence-electron chi connectivity index (χ3n) is 5.45. The minimum atomic E-state index is 0.117. The number of hydrogen-bond acceptors (Lipinski definition) is 3. The molecule has 134 valence electrons. The number of aromatic nitrogens is 2. The Kier molecular flexibility index (Phi) is 4.51. The second kappa shape index (κ2) is 6.94. The van der Waals surface area contributed by atoms with Crippen molar-refractivity contribution in [1.29, 1.82) is 0 Å². The molecule has 1 aliphatic heterocycles. The Morgan fingerprint density at radius 1 is 1.16 bits per heavy atom. The fraction of sp³-hybridized carbons (Fsp3) is 0.579. The molecule has 2 amide bonds. The van der Waals surface area contributed by atoms with E-state index in [0.717, 1.165) is 55.9 Å². The smallest absolute Gasteiger partial charge is 0.317 e. The molecular formula is C19H27N5O. The standard InChI is InChI=1S/C19H27N5O/c1-14-20-17-8-7-16(13-18(17)21-14)23-9-11-24(12-10-23)19(25)22-15-5-3-2-4-6-15/h7-8,13,15H,2-6,9-12H2,1H3,(H,20,21)(H,22,25). The van der Waals surface area contributed by atoms with Crippen molar-refractivity contribution in [3.8, 4) is 0 Å². The number of hydrogen-bond donors (Lipinski definition) is 2. The number of H-pyrrole nitrogens is 1. The third-order valence-corrected chi connectivity index (χ3v) is 5.45. The van der Waals surface area contributed by atoms with Crippen LogP contribution in [0.3, 0.4) is 0 Å². The summed E-state index contributed by atoms with van der Waals surface area (Å²) in [6.07, 6.45) is 6.07. The number of aromatic amines is 1. The molecule has 0 atom stereocenters. The van der Waals surface area contributed by atoms with Crippen molar-refractivity contribution in [2.75, 3.05) is 31.1 Å². The molecule has 4 rings (SSSR count). The van der Waals surface area contributed by atoms with Gasteiger partial charge in [0.05, 0.1) is 11.0 Å². The van der Waals surface area contributed by atoms with Gasteiger partial charge in [0.25, 0.3) is 0 Å². The van der Waals surface area contributed by atoms with Gasteiger partial charge in [-0.05, 0) is 38.0 Å². The molecule has 1 aliphatic carbocycles. The van der Waals surface area contributed by atoms with Crippen molar-refractivity contribution in [3.05, 3.63) is 24.0 Å². The van der Waals surface area contributed by atoms with Crippen LogP contribution < -0.4 is 10.2 Å². The molecule has 6 nitrogen and oxygen atoms in total. The summed E-state index contributed by atoms with van der Waals surface area (Å²) in [5.74, 6) is 0.941. The van der Waals surface area contributed by atoms with Gasteiger partial charge in [0, 0.05) is 37.9 Å². The first kappa shape index (κ1) is 16.2. The molecular weight excluding hydrogens is 314 g/mol. The van der Waals surface area contributed by atoms with E-state index in [0.29, 0.717) is 6.04 Å². The quantitative estimate of drug-likeness (QED) is 0.882. The molecule has 0 bridgehead atoms. The maximum Gasteiger partial charge on any atom is 0.317 e. The second-order valence-electron chi connectivity index (χ2n) is 7.28. The van der Waals surface area contributed by atoms with Gasteiger partial charge < -0.3 is 20.1 Å². The van der Waals surface area contributed by atoms with Gasteiger partial charge in [-0.2, -0.15) is 0 Å². The van der Waals surface area contributed by atoms with Gasteiger partial charge in [-0.15, -0.1) is 0 Å². The van der Waals surface area contributed by atoms with Crippen LogP contribution in [-0.4, -0.2) is 53.1 Å². The predicted octanol–water partition coefficient (Wildman–Crippen LogP) is 3.04. The summed E-state index contributed by atoms with van der Waals surface area (Å²) >= 11 is 0. The Balaban J connectivity index is 1.34. The number of fused-ring (bicyclic) bond motifs is 1. The number of nitrogens with zero attached hydrogens (tertiary/aromatic N) is 3. The van der Waals surface area contributed by atoms with E-state index in [1.165, 1.54) is 24.9 Å². The van der Waals surface area contributed by atoms with Gasteiger partial charge in [0.15, 0.2) is 0 Å². The lowest BCUT2D eigenvalue weighted by atomic mass is 9.96. The lowest BCUT2D eigenvalue weighted by Crippen LogP contribution is -2.53. The molecule has 1 aromatic carbocycles. The lowest BCUT2D eigenvalue weighted by Gasteiger charge is -2.37. The van der Waals surface area contributed by atoms with Crippen LogP contribution in [-0.2, 0) is 0 Å². The van der Waals surface area contributed by atoms with E-state index in [4.69, 9.17) is 0 Å². The average Bonchev–Trinajstić information content (AvgIpc) is 3.02. The molecule has 1 saturated carbocycles. The predicted molar refractivity (Wildman–Crippen MR) is 100 cm³/mol. The van der Waals surface area contributed by atoms with Crippen molar-refractivity contribution in [3.63, 3.8) is 0 Å². The Morgan fingerprint density at radius 2 is 1.92 bits per heavy atom. The van der Waals surface area contributed by atoms with Crippen LogP contribution in [0, 0.1) is 6.92 Å². The summed E-state index contributed by atoms with van der Waals surface area (Å²) in [6, 6.07) is 6.85. The van der Waals surface area contributed by atoms with E-state index in [2.05, 4.69) is 38.4 Å². The monoisotopic (exact) mass is 341 g/mol. The van der Waals surface area contributed by atoms with Crippen LogP contribution >= 0.6 is 0 Å². The van der Waals surface area contributed by atoms with Crippen LogP contribution in [0.25, 0.3) is 11.0 Å². The molecule has 2 fully saturated rings. The first-order chi connectivity index (χ1) is 12.2. The minimum Gasteiger partial charge on any atom is -0.368 e. The van der Waals surface area contributed by atoms with Crippen LogP contribution in [0.4, 0.5) is 10.5 Å². The summed E-state index contributed by atoms with van der Waals surface area (Å²) in [7, 11) is 0. The molecule has 0 spiro atoms.